The molecule has 0 radical (unpaired) electrons. The third kappa shape index (κ3) is 5.49. The van der Waals surface area contributed by atoms with Crippen LogP contribution in [0, 0.1) is 0 Å². The number of anilines is 3. The van der Waals surface area contributed by atoms with E-state index in [0.29, 0.717) is 23.4 Å². The summed E-state index contributed by atoms with van der Waals surface area (Å²) in [4.78, 5) is 14.6. The van der Waals surface area contributed by atoms with Crippen LogP contribution in [-0.4, -0.2) is 33.7 Å². The summed E-state index contributed by atoms with van der Waals surface area (Å²) in [7, 11) is -1.41. The molecule has 2 rings (SSSR count). The molecule has 0 saturated carbocycles. The second kappa shape index (κ2) is 8.71. The molecule has 140 valence electrons. The predicted molar refractivity (Wildman–Crippen MR) is 107 cm³/mol. The quantitative estimate of drug-likeness (QED) is 0.740. The molecule has 7 heteroatoms. The predicted octanol–water partition coefficient (Wildman–Crippen LogP) is 3.55. The van der Waals surface area contributed by atoms with Crippen LogP contribution >= 0.6 is 0 Å². The molecule has 0 aromatic heterocycles. The normalized spacial score (nSPS) is 11.0. The lowest BCUT2D eigenvalue weighted by atomic mass is 10.2. The summed E-state index contributed by atoms with van der Waals surface area (Å²) in [5.74, 6) is -0.251. The van der Waals surface area contributed by atoms with Crippen LogP contribution in [0.2, 0.25) is 0 Å². The fourth-order valence-electron chi connectivity index (χ4n) is 2.43. The number of carbonyl (C=O) groups excluding carboxylic acids is 1. The van der Waals surface area contributed by atoms with Crippen molar-refractivity contribution in [3.05, 3.63) is 54.1 Å². The van der Waals surface area contributed by atoms with Gasteiger partial charge >= 0.3 is 0 Å². The van der Waals surface area contributed by atoms with E-state index in [1.807, 2.05) is 31.3 Å². The Kier molecular flexibility index (Phi) is 6.63. The summed E-state index contributed by atoms with van der Waals surface area (Å²) in [6.45, 7) is 4.71. The van der Waals surface area contributed by atoms with Crippen molar-refractivity contribution in [1.29, 1.82) is 0 Å². The Morgan fingerprint density at radius 2 is 1.73 bits per heavy atom. The van der Waals surface area contributed by atoms with Crippen molar-refractivity contribution in [1.82, 2.24) is 0 Å². The first-order valence-corrected chi connectivity index (χ1v) is 10.2. The van der Waals surface area contributed by atoms with E-state index in [9.17, 15) is 13.2 Å². The van der Waals surface area contributed by atoms with Crippen molar-refractivity contribution in [3.8, 4) is 0 Å². The molecule has 0 heterocycles. The molecule has 0 aliphatic heterocycles. The Bertz CT molecular complexity index is 866. The largest absolute Gasteiger partial charge is 0.375 e. The van der Waals surface area contributed by atoms with Crippen molar-refractivity contribution in [2.75, 3.05) is 34.3 Å². The number of nitrogens with zero attached hydrogens (tertiary/aromatic N) is 1. The summed E-state index contributed by atoms with van der Waals surface area (Å²) in [5, 5.41) is 2.85. The van der Waals surface area contributed by atoms with Gasteiger partial charge in [-0.05, 0) is 49.7 Å². The fourth-order valence-corrected chi connectivity index (χ4v) is 3.56. The minimum Gasteiger partial charge on any atom is -0.375 e. The Morgan fingerprint density at radius 1 is 1.04 bits per heavy atom. The van der Waals surface area contributed by atoms with Crippen LogP contribution < -0.4 is 14.9 Å². The molecule has 0 aliphatic carbocycles. The zero-order valence-electron chi connectivity index (χ0n) is 15.3. The number of sulfonamides is 1. The first-order valence-electron chi connectivity index (χ1n) is 8.57. The van der Waals surface area contributed by atoms with Gasteiger partial charge in [-0.2, -0.15) is 0 Å². The number of rotatable bonds is 8. The monoisotopic (exact) mass is 375 g/mol. The zero-order chi connectivity index (χ0) is 19.2. The maximum absolute atomic E-state index is 12.5. The topological polar surface area (TPSA) is 78.5 Å². The minimum atomic E-state index is -3.39. The third-order valence-electron chi connectivity index (χ3n) is 3.89. The highest BCUT2D eigenvalue weighted by atomic mass is 32.2. The van der Waals surface area contributed by atoms with Crippen molar-refractivity contribution in [2.24, 2.45) is 0 Å². The van der Waals surface area contributed by atoms with E-state index >= 15 is 0 Å². The minimum absolute atomic E-state index is 0.0428. The van der Waals surface area contributed by atoms with Crippen LogP contribution in [-0.2, 0) is 10.0 Å². The second-order valence-corrected chi connectivity index (χ2v) is 7.86. The van der Waals surface area contributed by atoms with Gasteiger partial charge in [-0.15, -0.1) is 0 Å². The molecule has 0 atom stereocenters. The maximum Gasteiger partial charge on any atom is 0.255 e. The maximum atomic E-state index is 12.5. The number of hydrogen-bond donors (Lipinski definition) is 2. The first kappa shape index (κ1) is 19.8. The Labute approximate surface area is 155 Å². The van der Waals surface area contributed by atoms with Gasteiger partial charge in [0.15, 0.2) is 0 Å². The molecule has 0 fully saturated rings. The average molecular weight is 375 g/mol. The summed E-state index contributed by atoms with van der Waals surface area (Å²) < 4.78 is 26.3. The molecular weight excluding hydrogens is 350 g/mol. The SMILES string of the molecule is CCCS(=O)(=O)Nc1cccc(C(=O)Nc2cccc(N(C)CC)c2)c1. The van der Waals surface area contributed by atoms with Gasteiger partial charge in [0.25, 0.3) is 5.91 Å². The lowest BCUT2D eigenvalue weighted by Crippen LogP contribution is -2.18. The summed E-state index contributed by atoms with van der Waals surface area (Å²) in [6, 6.07) is 14.0. The number of hydrogen-bond acceptors (Lipinski definition) is 4. The fraction of sp³-hybridized carbons (Fsp3) is 0.316. The highest BCUT2D eigenvalue weighted by Gasteiger charge is 2.12. The molecule has 0 bridgehead atoms. The zero-order valence-corrected chi connectivity index (χ0v) is 16.1. The van der Waals surface area contributed by atoms with Gasteiger partial charge in [0.1, 0.15) is 0 Å². The number of benzene rings is 2. The van der Waals surface area contributed by atoms with Gasteiger partial charge in [-0.3, -0.25) is 9.52 Å². The van der Waals surface area contributed by atoms with Crippen LogP contribution in [0.15, 0.2) is 48.5 Å². The van der Waals surface area contributed by atoms with Crippen LogP contribution in [0.25, 0.3) is 0 Å². The van der Waals surface area contributed by atoms with Gasteiger partial charge in [0, 0.05) is 36.2 Å². The number of nitrogens with one attached hydrogen (secondary N) is 2. The van der Waals surface area contributed by atoms with E-state index in [0.717, 1.165) is 12.2 Å². The molecule has 1 amide bonds. The summed E-state index contributed by atoms with van der Waals surface area (Å²) in [5.41, 5.74) is 2.46. The molecule has 6 nitrogen and oxygen atoms in total. The van der Waals surface area contributed by atoms with Crippen LogP contribution in [0.3, 0.4) is 0 Å². The van der Waals surface area contributed by atoms with Crippen molar-refractivity contribution >= 4 is 33.0 Å². The van der Waals surface area contributed by atoms with Crippen LogP contribution in [0.1, 0.15) is 30.6 Å². The number of amides is 1. The standard InChI is InChI=1S/C19H25N3O3S/c1-4-12-26(24,25)21-17-10-6-8-15(13-17)19(23)20-16-9-7-11-18(14-16)22(3)5-2/h6-11,13-14,21H,4-5,12H2,1-3H3,(H,20,23). The van der Waals surface area contributed by atoms with Crippen molar-refractivity contribution < 1.29 is 13.2 Å². The van der Waals surface area contributed by atoms with Gasteiger partial charge < -0.3 is 10.2 Å². The molecular formula is C19H25N3O3S. The lowest BCUT2D eigenvalue weighted by Gasteiger charge is -2.17. The smallest absolute Gasteiger partial charge is 0.255 e. The van der Waals surface area contributed by atoms with E-state index in [4.69, 9.17) is 0 Å². The second-order valence-electron chi connectivity index (χ2n) is 6.02. The third-order valence-corrected chi connectivity index (χ3v) is 5.38. The Morgan fingerprint density at radius 3 is 2.42 bits per heavy atom. The molecule has 0 unspecified atom stereocenters. The molecule has 2 N–H and O–H groups in total. The van der Waals surface area contributed by atoms with Crippen LogP contribution in [0.5, 0.6) is 0 Å². The van der Waals surface area contributed by atoms with E-state index in [1.54, 1.807) is 25.1 Å². The summed E-state index contributed by atoms with van der Waals surface area (Å²) in [6.07, 6.45) is 0.526. The molecule has 0 spiro atoms. The highest BCUT2D eigenvalue weighted by molar-refractivity contribution is 7.92. The van der Waals surface area contributed by atoms with E-state index < -0.39 is 10.0 Å². The van der Waals surface area contributed by atoms with Crippen LogP contribution in [0.4, 0.5) is 17.1 Å². The van der Waals surface area contributed by atoms with E-state index in [1.165, 1.54) is 6.07 Å². The average Bonchev–Trinajstić information content (AvgIpc) is 2.61. The molecule has 26 heavy (non-hydrogen) atoms. The lowest BCUT2D eigenvalue weighted by molar-refractivity contribution is 0.102. The van der Waals surface area contributed by atoms with Gasteiger partial charge in [0.2, 0.25) is 10.0 Å². The first-order chi connectivity index (χ1) is 12.3. The van der Waals surface area contributed by atoms with Gasteiger partial charge in [0.05, 0.1) is 5.75 Å². The molecule has 2 aromatic rings. The number of carbonyl (C=O) groups is 1. The molecule has 0 aliphatic rings. The van der Waals surface area contributed by atoms with Gasteiger partial charge in [-0.1, -0.05) is 19.1 Å². The Hall–Kier alpha value is -2.54. The molecule has 2 aromatic carbocycles. The molecule has 0 saturated heterocycles. The van der Waals surface area contributed by atoms with Crippen molar-refractivity contribution in [3.63, 3.8) is 0 Å². The van der Waals surface area contributed by atoms with Gasteiger partial charge in [-0.25, -0.2) is 8.42 Å². The Balaban J connectivity index is 2.14. The van der Waals surface area contributed by atoms with Crippen molar-refractivity contribution in [2.45, 2.75) is 20.3 Å². The highest BCUT2D eigenvalue weighted by Crippen LogP contribution is 2.20. The van der Waals surface area contributed by atoms with E-state index in [2.05, 4.69) is 21.9 Å². The summed E-state index contributed by atoms with van der Waals surface area (Å²) >= 11 is 0. The van der Waals surface area contributed by atoms with E-state index in [-0.39, 0.29) is 11.7 Å².